The van der Waals surface area contributed by atoms with Gasteiger partial charge in [0.2, 0.25) is 5.91 Å². The van der Waals surface area contributed by atoms with Crippen molar-refractivity contribution < 1.29 is 18.3 Å². The molecule has 35 heavy (non-hydrogen) atoms. The summed E-state index contributed by atoms with van der Waals surface area (Å²) in [4.78, 5) is 24.5. The standard InChI is InChI=1S/C24H28F2N6O2S/c1-12(2)34-18-8-16(28)14(9-27)6-17(18)31-22-21-15-5-4-13(24(33)32(3)10-20(25)26)7-19(15)35-23(21)30-11-29-22/h6,8-9,11-13,20,27H,4-5,7,10,28H2,1-3H3,(H,29,30,31)/t13-/m0/s1. The summed E-state index contributed by atoms with van der Waals surface area (Å²) in [6, 6.07) is 3.44. The number of aromatic nitrogens is 2. The third kappa shape index (κ3) is 5.19. The number of benzene rings is 1. The first-order chi connectivity index (χ1) is 16.7. The molecule has 2 aromatic heterocycles. The Balaban J connectivity index is 1.67. The van der Waals surface area contributed by atoms with Gasteiger partial charge in [0.05, 0.1) is 23.7 Å². The number of carbonyl (C=O) groups is 1. The number of thiophene rings is 1. The number of amides is 1. The molecule has 0 spiro atoms. The molecule has 1 aromatic carbocycles. The van der Waals surface area contributed by atoms with E-state index >= 15 is 0 Å². The van der Waals surface area contributed by atoms with E-state index in [9.17, 15) is 13.6 Å². The van der Waals surface area contributed by atoms with E-state index in [1.165, 1.54) is 30.9 Å². The Kier molecular flexibility index (Phi) is 7.15. The molecule has 0 unspecified atom stereocenters. The second-order valence-electron chi connectivity index (χ2n) is 8.87. The van der Waals surface area contributed by atoms with Gasteiger partial charge in [-0.05, 0) is 44.7 Å². The van der Waals surface area contributed by atoms with Gasteiger partial charge in [-0.15, -0.1) is 11.3 Å². The lowest BCUT2D eigenvalue weighted by Gasteiger charge is -2.26. The molecule has 2 heterocycles. The van der Waals surface area contributed by atoms with Crippen LogP contribution in [0.2, 0.25) is 0 Å². The Hall–Kier alpha value is -3.34. The summed E-state index contributed by atoms with van der Waals surface area (Å²) in [5.41, 5.74) is 8.76. The zero-order chi connectivity index (χ0) is 25.3. The van der Waals surface area contributed by atoms with Gasteiger partial charge in [-0.1, -0.05) is 0 Å². The summed E-state index contributed by atoms with van der Waals surface area (Å²) < 4.78 is 31.4. The van der Waals surface area contributed by atoms with Crippen LogP contribution in [0.5, 0.6) is 5.75 Å². The van der Waals surface area contributed by atoms with Crippen molar-refractivity contribution in [3.63, 3.8) is 0 Å². The fourth-order valence-electron chi connectivity index (χ4n) is 4.34. The van der Waals surface area contributed by atoms with Gasteiger partial charge in [0.25, 0.3) is 6.43 Å². The van der Waals surface area contributed by atoms with Crippen LogP contribution in [-0.4, -0.2) is 53.1 Å². The van der Waals surface area contributed by atoms with E-state index in [1.54, 1.807) is 12.1 Å². The highest BCUT2D eigenvalue weighted by atomic mass is 32.1. The lowest BCUT2D eigenvalue weighted by Crippen LogP contribution is -2.38. The number of ether oxygens (including phenoxy) is 1. The van der Waals surface area contributed by atoms with Crippen molar-refractivity contribution in [2.75, 3.05) is 24.6 Å². The quantitative estimate of drug-likeness (QED) is 0.305. The van der Waals surface area contributed by atoms with Gasteiger partial charge in [0.1, 0.15) is 22.7 Å². The molecule has 8 nitrogen and oxygen atoms in total. The molecule has 186 valence electrons. The molecular formula is C24H28F2N6O2S. The van der Waals surface area contributed by atoms with Crippen LogP contribution in [0.4, 0.5) is 26.0 Å². The highest BCUT2D eigenvalue weighted by Crippen LogP contribution is 2.42. The maximum atomic E-state index is 12.7. The monoisotopic (exact) mass is 502 g/mol. The number of hydrogen-bond donors (Lipinski definition) is 3. The van der Waals surface area contributed by atoms with Crippen LogP contribution in [0.3, 0.4) is 0 Å². The number of alkyl halides is 2. The second kappa shape index (κ2) is 10.1. The van der Waals surface area contributed by atoms with E-state index in [0.29, 0.717) is 47.8 Å². The average molecular weight is 503 g/mol. The van der Waals surface area contributed by atoms with E-state index < -0.39 is 13.0 Å². The van der Waals surface area contributed by atoms with E-state index in [-0.39, 0.29) is 17.9 Å². The summed E-state index contributed by atoms with van der Waals surface area (Å²) >= 11 is 1.50. The number of fused-ring (bicyclic) bond motifs is 3. The van der Waals surface area contributed by atoms with Gasteiger partial charge >= 0.3 is 0 Å². The van der Waals surface area contributed by atoms with Crippen molar-refractivity contribution in [2.24, 2.45) is 5.92 Å². The van der Waals surface area contributed by atoms with E-state index in [2.05, 4.69) is 15.3 Å². The molecule has 0 saturated heterocycles. The summed E-state index contributed by atoms with van der Waals surface area (Å²) in [6.45, 7) is 3.27. The Morgan fingerprint density at radius 3 is 2.86 bits per heavy atom. The molecule has 11 heteroatoms. The molecule has 0 aliphatic heterocycles. The Bertz CT molecular complexity index is 1260. The fourth-order valence-corrected chi connectivity index (χ4v) is 5.61. The number of halogens is 2. The van der Waals surface area contributed by atoms with E-state index in [4.69, 9.17) is 15.9 Å². The summed E-state index contributed by atoms with van der Waals surface area (Å²) in [5.74, 6) is 0.560. The lowest BCUT2D eigenvalue weighted by atomic mass is 9.87. The maximum absolute atomic E-state index is 12.7. The number of hydrogen-bond acceptors (Lipinski definition) is 8. The van der Waals surface area contributed by atoms with Crippen LogP contribution >= 0.6 is 11.3 Å². The van der Waals surface area contributed by atoms with Crippen LogP contribution in [0, 0.1) is 11.3 Å². The molecule has 0 bridgehead atoms. The zero-order valence-electron chi connectivity index (χ0n) is 19.8. The smallest absolute Gasteiger partial charge is 0.255 e. The van der Waals surface area contributed by atoms with Crippen molar-refractivity contribution in [3.8, 4) is 5.75 Å². The van der Waals surface area contributed by atoms with Gasteiger partial charge in [-0.2, -0.15) is 0 Å². The molecule has 0 radical (unpaired) electrons. The first-order valence-corrected chi connectivity index (χ1v) is 12.2. The molecule has 0 fully saturated rings. The van der Waals surface area contributed by atoms with Gasteiger partial charge in [0.15, 0.2) is 0 Å². The molecule has 1 aliphatic carbocycles. The molecule has 1 atom stereocenters. The first kappa shape index (κ1) is 24.8. The predicted octanol–water partition coefficient (Wildman–Crippen LogP) is 4.63. The molecule has 0 saturated carbocycles. The first-order valence-electron chi connectivity index (χ1n) is 11.3. The number of nitrogens with zero attached hydrogens (tertiary/aromatic N) is 3. The van der Waals surface area contributed by atoms with Crippen molar-refractivity contribution in [3.05, 3.63) is 34.5 Å². The summed E-state index contributed by atoms with van der Waals surface area (Å²) in [6.07, 6.45) is 1.71. The molecule has 1 amide bonds. The van der Waals surface area contributed by atoms with Crippen molar-refractivity contribution in [2.45, 2.75) is 45.6 Å². The number of rotatable bonds is 8. The highest BCUT2D eigenvalue weighted by molar-refractivity contribution is 7.19. The number of carbonyl (C=O) groups excluding carboxylic acids is 1. The van der Waals surface area contributed by atoms with Gasteiger partial charge in [-0.3, -0.25) is 4.79 Å². The number of nitrogens with two attached hydrogens (primary N) is 1. The summed E-state index contributed by atoms with van der Waals surface area (Å²) in [5, 5.41) is 11.9. The van der Waals surface area contributed by atoms with Crippen LogP contribution in [0.1, 0.15) is 36.3 Å². The zero-order valence-corrected chi connectivity index (χ0v) is 20.6. The van der Waals surface area contributed by atoms with Gasteiger partial charge < -0.3 is 26.1 Å². The van der Waals surface area contributed by atoms with Gasteiger partial charge in [0, 0.05) is 41.4 Å². The van der Waals surface area contributed by atoms with E-state index in [0.717, 1.165) is 25.6 Å². The Labute approximate surface area is 206 Å². The largest absolute Gasteiger partial charge is 0.489 e. The van der Waals surface area contributed by atoms with E-state index in [1.807, 2.05) is 13.8 Å². The normalized spacial score (nSPS) is 15.3. The SMILES string of the molecule is CC(C)Oc1cc(N)c(C=N)cc1Nc1ncnc2sc3c(c12)CC[C@H](C(=O)N(C)CC(F)F)C3. The van der Waals surface area contributed by atoms with Crippen molar-refractivity contribution in [1.82, 2.24) is 14.9 Å². The third-order valence-corrected chi connectivity index (χ3v) is 7.10. The molecule has 3 aromatic rings. The topological polar surface area (TPSA) is 117 Å². The summed E-state index contributed by atoms with van der Waals surface area (Å²) in [7, 11) is 1.43. The maximum Gasteiger partial charge on any atom is 0.255 e. The number of anilines is 3. The van der Waals surface area contributed by atoms with Crippen molar-refractivity contribution >= 4 is 50.9 Å². The molecule has 1 aliphatic rings. The average Bonchev–Trinajstić information content (AvgIpc) is 3.18. The van der Waals surface area contributed by atoms with Crippen LogP contribution < -0.4 is 15.8 Å². The molecule has 4 rings (SSSR count). The number of nitrogen functional groups attached to an aromatic ring is 1. The van der Waals surface area contributed by atoms with Crippen LogP contribution in [0.25, 0.3) is 10.2 Å². The Morgan fingerprint density at radius 2 is 2.17 bits per heavy atom. The second-order valence-corrected chi connectivity index (χ2v) is 9.95. The minimum Gasteiger partial charge on any atom is -0.489 e. The molecular weight excluding hydrogens is 474 g/mol. The molecule has 4 N–H and O–H groups in total. The lowest BCUT2D eigenvalue weighted by molar-refractivity contribution is -0.136. The van der Waals surface area contributed by atoms with Gasteiger partial charge in [-0.25, -0.2) is 18.7 Å². The van der Waals surface area contributed by atoms with Crippen LogP contribution in [0.15, 0.2) is 18.5 Å². The number of nitrogens with one attached hydrogen (secondary N) is 2. The Morgan fingerprint density at radius 1 is 1.40 bits per heavy atom. The predicted molar refractivity (Wildman–Crippen MR) is 134 cm³/mol. The third-order valence-electron chi connectivity index (χ3n) is 5.94. The van der Waals surface area contributed by atoms with Crippen molar-refractivity contribution in [1.29, 1.82) is 5.41 Å². The minimum atomic E-state index is -2.55. The highest BCUT2D eigenvalue weighted by Gasteiger charge is 2.31. The number of aryl methyl sites for hydroxylation is 1. The minimum absolute atomic E-state index is 0.0854. The fraction of sp³-hybridized carbons (Fsp3) is 0.417. The van der Waals surface area contributed by atoms with Crippen LogP contribution in [-0.2, 0) is 17.6 Å².